The Morgan fingerprint density at radius 3 is 3.00 bits per heavy atom. The standard InChI is InChI=1S/C11H10ClN5/c1-14-6-8-9(12)3-2-4-10(8)17-7-15-11(5-13)16-17/h2-4,7,14H,6H2,1H3. The average Bonchev–Trinajstić information content (AvgIpc) is 2.80. The van der Waals surface area contributed by atoms with Gasteiger partial charge in [-0.2, -0.15) is 5.26 Å². The average molecular weight is 248 g/mol. The van der Waals surface area contributed by atoms with Gasteiger partial charge in [-0.1, -0.05) is 17.7 Å². The van der Waals surface area contributed by atoms with Crippen molar-refractivity contribution in [3.63, 3.8) is 0 Å². The quantitative estimate of drug-likeness (QED) is 0.893. The normalized spacial score (nSPS) is 10.2. The van der Waals surface area contributed by atoms with E-state index in [1.807, 2.05) is 31.3 Å². The lowest BCUT2D eigenvalue weighted by molar-refractivity contribution is 0.787. The van der Waals surface area contributed by atoms with E-state index < -0.39 is 0 Å². The van der Waals surface area contributed by atoms with Crippen molar-refractivity contribution in [2.75, 3.05) is 7.05 Å². The maximum atomic E-state index is 8.70. The molecule has 86 valence electrons. The van der Waals surface area contributed by atoms with Crippen LogP contribution in [-0.2, 0) is 6.54 Å². The molecule has 2 rings (SSSR count). The molecule has 5 nitrogen and oxygen atoms in total. The van der Waals surface area contributed by atoms with Crippen molar-refractivity contribution in [2.45, 2.75) is 6.54 Å². The Kier molecular flexibility index (Phi) is 3.38. The molecule has 0 saturated carbocycles. The molecule has 0 atom stereocenters. The summed E-state index contributed by atoms with van der Waals surface area (Å²) in [5, 5.41) is 16.4. The van der Waals surface area contributed by atoms with Crippen LogP contribution in [0.25, 0.3) is 5.69 Å². The summed E-state index contributed by atoms with van der Waals surface area (Å²) in [6.07, 6.45) is 1.50. The maximum Gasteiger partial charge on any atom is 0.252 e. The predicted octanol–water partition coefficient (Wildman–Crippen LogP) is 1.51. The molecule has 17 heavy (non-hydrogen) atoms. The lowest BCUT2D eigenvalue weighted by Gasteiger charge is -2.10. The zero-order valence-electron chi connectivity index (χ0n) is 9.18. The van der Waals surface area contributed by atoms with Crippen molar-refractivity contribution >= 4 is 11.6 Å². The summed E-state index contributed by atoms with van der Waals surface area (Å²) in [6.45, 7) is 0.622. The van der Waals surface area contributed by atoms with Crippen LogP contribution in [0, 0.1) is 11.3 Å². The summed E-state index contributed by atoms with van der Waals surface area (Å²) in [7, 11) is 1.84. The highest BCUT2D eigenvalue weighted by atomic mass is 35.5. The third-order valence-electron chi connectivity index (χ3n) is 2.29. The molecular formula is C11H10ClN5. The first-order valence-corrected chi connectivity index (χ1v) is 5.38. The van der Waals surface area contributed by atoms with E-state index in [4.69, 9.17) is 16.9 Å². The lowest BCUT2D eigenvalue weighted by Crippen LogP contribution is -2.10. The molecule has 1 aromatic heterocycles. The number of nitrogens with one attached hydrogen (secondary N) is 1. The fourth-order valence-electron chi connectivity index (χ4n) is 1.54. The molecule has 0 aliphatic heterocycles. The Morgan fingerprint density at radius 2 is 2.35 bits per heavy atom. The van der Waals surface area contributed by atoms with E-state index in [1.165, 1.54) is 6.33 Å². The Morgan fingerprint density at radius 1 is 1.53 bits per heavy atom. The fourth-order valence-corrected chi connectivity index (χ4v) is 1.78. The van der Waals surface area contributed by atoms with Gasteiger partial charge in [0, 0.05) is 17.1 Å². The Balaban J connectivity index is 2.51. The monoisotopic (exact) mass is 247 g/mol. The highest BCUT2D eigenvalue weighted by molar-refractivity contribution is 6.31. The minimum atomic E-state index is 0.139. The van der Waals surface area contributed by atoms with E-state index in [0.29, 0.717) is 11.6 Å². The van der Waals surface area contributed by atoms with Crippen molar-refractivity contribution in [1.29, 1.82) is 5.26 Å². The van der Waals surface area contributed by atoms with Crippen LogP contribution in [0.2, 0.25) is 5.02 Å². The molecule has 2 aromatic rings. The van der Waals surface area contributed by atoms with E-state index in [-0.39, 0.29) is 5.82 Å². The minimum absolute atomic E-state index is 0.139. The van der Waals surface area contributed by atoms with Crippen molar-refractivity contribution in [2.24, 2.45) is 0 Å². The van der Waals surface area contributed by atoms with Gasteiger partial charge in [0.1, 0.15) is 12.4 Å². The summed E-state index contributed by atoms with van der Waals surface area (Å²) in [6, 6.07) is 7.43. The third-order valence-corrected chi connectivity index (χ3v) is 2.64. The summed E-state index contributed by atoms with van der Waals surface area (Å²) >= 11 is 6.13. The second-order valence-electron chi connectivity index (χ2n) is 3.39. The van der Waals surface area contributed by atoms with Gasteiger partial charge in [-0.15, -0.1) is 5.10 Å². The van der Waals surface area contributed by atoms with Gasteiger partial charge >= 0.3 is 0 Å². The fraction of sp³-hybridized carbons (Fsp3) is 0.182. The number of hydrogen-bond donors (Lipinski definition) is 1. The Hall–Kier alpha value is -1.90. The smallest absolute Gasteiger partial charge is 0.252 e. The van der Waals surface area contributed by atoms with Crippen molar-refractivity contribution < 1.29 is 0 Å². The van der Waals surface area contributed by atoms with Gasteiger partial charge < -0.3 is 5.32 Å². The van der Waals surface area contributed by atoms with Gasteiger partial charge in [0.2, 0.25) is 0 Å². The van der Waals surface area contributed by atoms with Crippen molar-refractivity contribution in [3.8, 4) is 11.8 Å². The van der Waals surface area contributed by atoms with E-state index in [1.54, 1.807) is 4.68 Å². The highest BCUT2D eigenvalue weighted by Crippen LogP contribution is 2.22. The molecule has 0 aliphatic rings. The first-order valence-electron chi connectivity index (χ1n) is 5.00. The molecule has 0 spiro atoms. The molecule has 6 heteroatoms. The Labute approximate surface area is 104 Å². The van der Waals surface area contributed by atoms with Crippen LogP contribution in [0.3, 0.4) is 0 Å². The largest absolute Gasteiger partial charge is 0.316 e. The number of rotatable bonds is 3. The molecule has 0 bridgehead atoms. The molecule has 0 radical (unpaired) electrons. The SMILES string of the molecule is CNCc1c(Cl)cccc1-n1cnc(C#N)n1. The number of aromatic nitrogens is 3. The van der Waals surface area contributed by atoms with Crippen LogP contribution in [0.15, 0.2) is 24.5 Å². The highest BCUT2D eigenvalue weighted by Gasteiger charge is 2.09. The number of hydrogen-bond acceptors (Lipinski definition) is 4. The minimum Gasteiger partial charge on any atom is -0.316 e. The first-order chi connectivity index (χ1) is 8.26. The second kappa shape index (κ2) is 4.95. The summed E-state index contributed by atoms with van der Waals surface area (Å²) in [4.78, 5) is 3.87. The van der Waals surface area contributed by atoms with Gasteiger partial charge in [-0.05, 0) is 19.2 Å². The number of nitriles is 1. The van der Waals surface area contributed by atoms with E-state index in [9.17, 15) is 0 Å². The predicted molar refractivity (Wildman–Crippen MR) is 63.8 cm³/mol. The lowest BCUT2D eigenvalue weighted by atomic mass is 10.2. The zero-order chi connectivity index (χ0) is 12.3. The molecule has 0 saturated heterocycles. The van der Waals surface area contributed by atoms with Gasteiger partial charge in [0.05, 0.1) is 5.69 Å². The summed E-state index contributed by atoms with van der Waals surface area (Å²) in [5.74, 6) is 0.139. The molecule has 0 fully saturated rings. The molecule has 1 N–H and O–H groups in total. The van der Waals surface area contributed by atoms with E-state index in [2.05, 4.69) is 15.4 Å². The number of nitrogens with zero attached hydrogens (tertiary/aromatic N) is 4. The van der Waals surface area contributed by atoms with Crippen LogP contribution in [0.1, 0.15) is 11.4 Å². The molecule has 0 aliphatic carbocycles. The second-order valence-corrected chi connectivity index (χ2v) is 3.80. The van der Waals surface area contributed by atoms with Gasteiger partial charge in [0.15, 0.2) is 0 Å². The maximum absolute atomic E-state index is 8.70. The first kappa shape index (κ1) is 11.6. The number of benzene rings is 1. The van der Waals surface area contributed by atoms with Crippen molar-refractivity contribution in [1.82, 2.24) is 20.1 Å². The number of halogens is 1. The van der Waals surface area contributed by atoms with Gasteiger partial charge in [0.25, 0.3) is 5.82 Å². The summed E-state index contributed by atoms with van der Waals surface area (Å²) in [5.41, 5.74) is 1.74. The van der Waals surface area contributed by atoms with Crippen LogP contribution in [0.4, 0.5) is 0 Å². The van der Waals surface area contributed by atoms with E-state index >= 15 is 0 Å². The van der Waals surface area contributed by atoms with Crippen LogP contribution < -0.4 is 5.32 Å². The van der Waals surface area contributed by atoms with Crippen LogP contribution in [0.5, 0.6) is 0 Å². The summed E-state index contributed by atoms with van der Waals surface area (Å²) < 4.78 is 1.55. The molecule has 1 heterocycles. The van der Waals surface area contributed by atoms with Crippen LogP contribution in [-0.4, -0.2) is 21.8 Å². The Bertz CT molecular complexity index is 569. The van der Waals surface area contributed by atoms with Crippen LogP contribution >= 0.6 is 11.6 Å². The molecular weight excluding hydrogens is 238 g/mol. The third kappa shape index (κ3) is 2.28. The molecule has 0 unspecified atom stereocenters. The van der Waals surface area contributed by atoms with E-state index in [0.717, 1.165) is 11.3 Å². The van der Waals surface area contributed by atoms with Gasteiger partial charge in [-0.3, -0.25) is 0 Å². The molecule has 1 aromatic carbocycles. The zero-order valence-corrected chi connectivity index (χ0v) is 9.94. The molecule has 0 amide bonds. The topological polar surface area (TPSA) is 66.5 Å². The van der Waals surface area contributed by atoms with Gasteiger partial charge in [-0.25, -0.2) is 9.67 Å². The van der Waals surface area contributed by atoms with Crippen molar-refractivity contribution in [3.05, 3.63) is 40.9 Å².